The van der Waals surface area contributed by atoms with Gasteiger partial charge in [0.1, 0.15) is 0 Å². The van der Waals surface area contributed by atoms with Crippen LogP contribution in [0.25, 0.3) is 0 Å². The predicted octanol–water partition coefficient (Wildman–Crippen LogP) is 3.86. The number of nitrogens with zero attached hydrogens (tertiary/aromatic N) is 1. The molecule has 0 bridgehead atoms. The Labute approximate surface area is 116 Å². The number of alkyl halides is 1. The molecule has 0 atom stereocenters. The van der Waals surface area contributed by atoms with Crippen LogP contribution in [0.5, 0.6) is 0 Å². The van der Waals surface area contributed by atoms with Gasteiger partial charge in [-0.2, -0.15) is 0 Å². The van der Waals surface area contributed by atoms with Crippen molar-refractivity contribution >= 4 is 0 Å². The highest BCUT2D eigenvalue weighted by Crippen LogP contribution is 2.22. The van der Waals surface area contributed by atoms with Crippen molar-refractivity contribution in [1.29, 1.82) is 0 Å². The Bertz CT molecular complexity index is 300. The van der Waals surface area contributed by atoms with Gasteiger partial charge < -0.3 is 9.64 Å². The number of rotatable bonds is 10. The molecular weight excluding hydrogens is 241 g/mol. The summed E-state index contributed by atoms with van der Waals surface area (Å²) in [7, 11) is 2.10. The fraction of sp³-hybridized carbons (Fsp3) is 0.625. The van der Waals surface area contributed by atoms with Gasteiger partial charge in [0.05, 0.1) is 6.61 Å². The van der Waals surface area contributed by atoms with E-state index in [1.54, 1.807) is 12.2 Å². The van der Waals surface area contributed by atoms with E-state index in [2.05, 4.69) is 18.5 Å². The van der Waals surface area contributed by atoms with E-state index in [0.717, 1.165) is 38.8 Å². The topological polar surface area (TPSA) is 12.5 Å². The molecule has 1 aliphatic carbocycles. The van der Waals surface area contributed by atoms with Crippen LogP contribution in [0.15, 0.2) is 37.0 Å². The van der Waals surface area contributed by atoms with Crippen molar-refractivity contribution in [2.45, 2.75) is 38.0 Å². The summed E-state index contributed by atoms with van der Waals surface area (Å²) in [6, 6.07) is 0. The third kappa shape index (κ3) is 7.28. The summed E-state index contributed by atoms with van der Waals surface area (Å²) < 4.78 is 19.2. The number of hydrogen-bond acceptors (Lipinski definition) is 2. The molecule has 0 saturated carbocycles. The number of hydrogen-bond donors (Lipinski definition) is 0. The minimum atomic E-state index is -1.66. The highest BCUT2D eigenvalue weighted by molar-refractivity contribution is 5.15. The van der Waals surface area contributed by atoms with E-state index in [4.69, 9.17) is 4.74 Å². The molecule has 0 aromatic carbocycles. The third-order valence-electron chi connectivity index (χ3n) is 3.16. The maximum atomic E-state index is 13.9. The standard InChI is InChI=1S/C16H26FNO/c1-3-13-18(2)14-9-4-5-10-15-19-16(17)11-7-6-8-12-16/h3,7-8,11-12H,1,4-6,9-10,13-15H2,2H3. The van der Waals surface area contributed by atoms with Crippen LogP contribution in [0, 0.1) is 0 Å². The Morgan fingerprint density at radius 1 is 1.26 bits per heavy atom. The van der Waals surface area contributed by atoms with Crippen LogP contribution in [0.1, 0.15) is 32.1 Å². The molecule has 0 unspecified atom stereocenters. The maximum Gasteiger partial charge on any atom is 0.247 e. The predicted molar refractivity (Wildman–Crippen MR) is 78.9 cm³/mol. The molecule has 0 radical (unpaired) electrons. The van der Waals surface area contributed by atoms with Crippen LogP contribution in [0.2, 0.25) is 0 Å². The third-order valence-corrected chi connectivity index (χ3v) is 3.16. The molecule has 3 heteroatoms. The van der Waals surface area contributed by atoms with E-state index in [9.17, 15) is 4.39 Å². The van der Waals surface area contributed by atoms with E-state index in [1.807, 2.05) is 6.08 Å². The number of halogens is 1. The molecule has 0 aromatic rings. The van der Waals surface area contributed by atoms with Gasteiger partial charge in [0.15, 0.2) is 0 Å². The molecule has 108 valence electrons. The lowest BCUT2D eigenvalue weighted by Crippen LogP contribution is -2.23. The van der Waals surface area contributed by atoms with Crippen LogP contribution in [-0.4, -0.2) is 37.5 Å². The Hall–Kier alpha value is -0.930. The van der Waals surface area contributed by atoms with Gasteiger partial charge in [-0.3, -0.25) is 0 Å². The molecule has 0 spiro atoms. The summed E-state index contributed by atoms with van der Waals surface area (Å²) >= 11 is 0. The largest absolute Gasteiger partial charge is 0.340 e. The lowest BCUT2D eigenvalue weighted by Gasteiger charge is -2.20. The van der Waals surface area contributed by atoms with Crippen molar-refractivity contribution in [3.63, 3.8) is 0 Å². The summed E-state index contributed by atoms with van der Waals surface area (Å²) in [5, 5.41) is 0. The number of unbranched alkanes of at least 4 members (excludes halogenated alkanes) is 3. The highest BCUT2D eigenvalue weighted by Gasteiger charge is 2.24. The number of ether oxygens (including phenoxy) is 1. The Morgan fingerprint density at radius 2 is 1.95 bits per heavy atom. The summed E-state index contributed by atoms with van der Waals surface area (Å²) in [4.78, 5) is 2.25. The quantitative estimate of drug-likeness (QED) is 0.440. The van der Waals surface area contributed by atoms with Gasteiger partial charge in [0, 0.05) is 6.54 Å². The molecule has 1 rings (SSSR count). The summed E-state index contributed by atoms with van der Waals surface area (Å²) in [6.45, 7) is 6.22. The zero-order valence-electron chi connectivity index (χ0n) is 12.0. The fourth-order valence-corrected chi connectivity index (χ4v) is 2.07. The Kier molecular flexibility index (Phi) is 7.68. The molecule has 0 aliphatic heterocycles. The zero-order valence-corrected chi connectivity index (χ0v) is 12.0. The molecule has 2 nitrogen and oxygen atoms in total. The van der Waals surface area contributed by atoms with Gasteiger partial charge in [0.25, 0.3) is 0 Å². The van der Waals surface area contributed by atoms with Crippen LogP contribution in [0.3, 0.4) is 0 Å². The van der Waals surface area contributed by atoms with Crippen LogP contribution >= 0.6 is 0 Å². The number of allylic oxidation sites excluding steroid dienone is 2. The summed E-state index contributed by atoms with van der Waals surface area (Å²) in [6.07, 6.45) is 13.6. The normalized spacial score (nSPS) is 17.0. The second kappa shape index (κ2) is 9.05. The van der Waals surface area contributed by atoms with Crippen LogP contribution < -0.4 is 0 Å². The number of likely N-dealkylation sites (N-methyl/N-ethyl adjacent to an activating group) is 1. The van der Waals surface area contributed by atoms with E-state index in [0.29, 0.717) is 6.61 Å². The lowest BCUT2D eigenvalue weighted by atomic mass is 10.1. The van der Waals surface area contributed by atoms with E-state index in [1.165, 1.54) is 18.6 Å². The molecule has 0 amide bonds. The minimum Gasteiger partial charge on any atom is -0.340 e. The monoisotopic (exact) mass is 267 g/mol. The van der Waals surface area contributed by atoms with E-state index in [-0.39, 0.29) is 0 Å². The second-order valence-electron chi connectivity index (χ2n) is 5.05. The first kappa shape index (κ1) is 16.1. The summed E-state index contributed by atoms with van der Waals surface area (Å²) in [5.74, 6) is -1.66. The molecule has 0 fully saturated rings. The van der Waals surface area contributed by atoms with Crippen molar-refractivity contribution in [1.82, 2.24) is 4.90 Å². The molecular formula is C16H26FNO. The fourth-order valence-electron chi connectivity index (χ4n) is 2.07. The van der Waals surface area contributed by atoms with Crippen molar-refractivity contribution in [3.05, 3.63) is 37.0 Å². The Morgan fingerprint density at radius 3 is 2.63 bits per heavy atom. The van der Waals surface area contributed by atoms with E-state index < -0.39 is 5.85 Å². The lowest BCUT2D eigenvalue weighted by molar-refractivity contribution is -0.0706. The molecule has 0 heterocycles. The van der Waals surface area contributed by atoms with Crippen molar-refractivity contribution in [2.75, 3.05) is 26.7 Å². The van der Waals surface area contributed by atoms with Gasteiger partial charge in [-0.15, -0.1) is 6.58 Å². The zero-order chi connectivity index (χ0) is 14.0. The van der Waals surface area contributed by atoms with Crippen LogP contribution in [-0.2, 0) is 4.74 Å². The van der Waals surface area contributed by atoms with Gasteiger partial charge in [-0.25, -0.2) is 4.39 Å². The van der Waals surface area contributed by atoms with Gasteiger partial charge in [-0.05, 0) is 45.0 Å². The molecule has 0 N–H and O–H groups in total. The SMILES string of the molecule is C=CCN(C)CCCCCCOC1(F)C=CCC=C1. The molecule has 0 aromatic heterocycles. The maximum absolute atomic E-state index is 13.9. The van der Waals surface area contributed by atoms with E-state index >= 15 is 0 Å². The Balaban J connectivity index is 1.96. The van der Waals surface area contributed by atoms with Gasteiger partial charge in [-0.1, -0.05) is 31.1 Å². The van der Waals surface area contributed by atoms with Gasteiger partial charge >= 0.3 is 0 Å². The highest BCUT2D eigenvalue weighted by atomic mass is 19.2. The minimum absolute atomic E-state index is 0.480. The average Bonchev–Trinajstić information content (AvgIpc) is 2.39. The average molecular weight is 267 g/mol. The summed E-state index contributed by atoms with van der Waals surface area (Å²) in [5.41, 5.74) is 0. The molecule has 1 aliphatic rings. The molecule has 0 saturated heterocycles. The first-order valence-corrected chi connectivity index (χ1v) is 7.14. The van der Waals surface area contributed by atoms with Crippen molar-refractivity contribution in [2.24, 2.45) is 0 Å². The first-order valence-electron chi connectivity index (χ1n) is 7.14. The van der Waals surface area contributed by atoms with Crippen molar-refractivity contribution < 1.29 is 9.13 Å². The van der Waals surface area contributed by atoms with Crippen molar-refractivity contribution in [3.8, 4) is 0 Å². The van der Waals surface area contributed by atoms with Crippen LogP contribution in [0.4, 0.5) is 4.39 Å². The first-order chi connectivity index (χ1) is 9.16. The second-order valence-corrected chi connectivity index (χ2v) is 5.05. The smallest absolute Gasteiger partial charge is 0.247 e. The van der Waals surface area contributed by atoms with Gasteiger partial charge in [0.2, 0.25) is 5.85 Å². The molecule has 19 heavy (non-hydrogen) atoms.